The lowest BCUT2D eigenvalue weighted by atomic mass is 10.2. The van der Waals surface area contributed by atoms with E-state index >= 15 is 0 Å². The molecule has 1 fully saturated rings. The van der Waals surface area contributed by atoms with Crippen LogP contribution >= 0.6 is 12.2 Å². The molecule has 2 N–H and O–H groups in total. The molecule has 23 heavy (non-hydrogen) atoms. The van der Waals surface area contributed by atoms with Crippen LogP contribution in [0, 0.1) is 0 Å². The molecule has 122 valence electrons. The Balaban J connectivity index is 2.21. The lowest BCUT2D eigenvalue weighted by molar-refractivity contribution is -0.132. The third-order valence-electron chi connectivity index (χ3n) is 3.53. The van der Waals surface area contributed by atoms with Crippen LogP contribution in [0.4, 0.5) is 0 Å². The van der Waals surface area contributed by atoms with Crippen molar-refractivity contribution in [2.75, 3.05) is 13.6 Å². The molecule has 1 aromatic carbocycles. The van der Waals surface area contributed by atoms with Gasteiger partial charge in [0, 0.05) is 19.2 Å². The molecule has 2 rings (SSSR count). The number of nitrogens with zero attached hydrogens (tertiary/aromatic N) is 2. The molecule has 0 unspecified atom stereocenters. The number of hydrogen-bond donors (Lipinski definition) is 2. The van der Waals surface area contributed by atoms with Crippen LogP contribution in [0.2, 0.25) is 0 Å². The van der Waals surface area contributed by atoms with E-state index in [1.54, 1.807) is 37.3 Å². The van der Waals surface area contributed by atoms with Gasteiger partial charge in [-0.3, -0.25) is 24.7 Å². The number of carbonyl (C=O) groups excluding carboxylic acids is 3. The van der Waals surface area contributed by atoms with Gasteiger partial charge in [0.05, 0.1) is 6.42 Å². The van der Waals surface area contributed by atoms with Gasteiger partial charge in [-0.05, 0) is 31.3 Å². The molecule has 0 spiro atoms. The summed E-state index contributed by atoms with van der Waals surface area (Å²) in [5, 5.41) is 3.96. The molecule has 0 radical (unpaired) electrons. The molecule has 1 aliphatic heterocycles. The van der Waals surface area contributed by atoms with E-state index in [1.807, 2.05) is 0 Å². The molecule has 1 aliphatic rings. The first-order valence-corrected chi connectivity index (χ1v) is 7.61. The predicted molar refractivity (Wildman–Crippen MR) is 88.2 cm³/mol. The van der Waals surface area contributed by atoms with Crippen molar-refractivity contribution in [2.45, 2.75) is 19.4 Å². The topological polar surface area (TPSA) is 81.8 Å². The van der Waals surface area contributed by atoms with Crippen molar-refractivity contribution in [1.29, 1.82) is 0 Å². The summed E-state index contributed by atoms with van der Waals surface area (Å²) in [6.45, 7) is 2.16. The summed E-state index contributed by atoms with van der Waals surface area (Å²) in [5.74, 6) is -0.988. The quantitative estimate of drug-likeness (QED) is 0.756. The molecule has 0 saturated carbocycles. The Morgan fingerprint density at radius 3 is 2.48 bits per heavy atom. The van der Waals surface area contributed by atoms with Gasteiger partial charge in [-0.25, -0.2) is 5.01 Å². The highest BCUT2D eigenvalue weighted by Crippen LogP contribution is 2.19. The number of benzene rings is 1. The van der Waals surface area contributed by atoms with E-state index < -0.39 is 6.04 Å². The standard InChI is InChI=1S/C15H18N4O3S/c1-3-18-14(22)11(9-12(20)16-2)19(15(18)23)17-13(21)10-7-5-4-6-8-10/h4-8,11H,3,9H2,1-2H3,(H,16,20)(H,17,21)/t11-/m1/s1. The summed E-state index contributed by atoms with van der Waals surface area (Å²) in [4.78, 5) is 37.7. The minimum absolute atomic E-state index is 0.0823. The number of nitrogens with one attached hydrogen (secondary N) is 2. The minimum Gasteiger partial charge on any atom is -0.359 e. The van der Waals surface area contributed by atoms with Crippen molar-refractivity contribution < 1.29 is 14.4 Å². The fraction of sp³-hybridized carbons (Fsp3) is 0.333. The van der Waals surface area contributed by atoms with Crippen LogP contribution in [0.1, 0.15) is 23.7 Å². The zero-order valence-corrected chi connectivity index (χ0v) is 13.7. The minimum atomic E-state index is -0.838. The van der Waals surface area contributed by atoms with Crippen LogP contribution in [0.25, 0.3) is 0 Å². The fourth-order valence-corrected chi connectivity index (χ4v) is 2.68. The van der Waals surface area contributed by atoms with E-state index in [0.717, 1.165) is 0 Å². The average molecular weight is 334 g/mol. The van der Waals surface area contributed by atoms with Gasteiger partial charge in [0.25, 0.3) is 11.8 Å². The van der Waals surface area contributed by atoms with Gasteiger partial charge in [0.2, 0.25) is 5.91 Å². The molecular formula is C15H18N4O3S. The van der Waals surface area contributed by atoms with Crippen molar-refractivity contribution in [2.24, 2.45) is 0 Å². The summed E-state index contributed by atoms with van der Waals surface area (Å²) in [6.07, 6.45) is -0.0823. The molecule has 1 heterocycles. The smallest absolute Gasteiger partial charge is 0.269 e. The lowest BCUT2D eigenvalue weighted by Crippen LogP contribution is -2.50. The Labute approximate surface area is 139 Å². The summed E-state index contributed by atoms with van der Waals surface area (Å²) in [5.41, 5.74) is 3.07. The van der Waals surface area contributed by atoms with Gasteiger partial charge in [0.1, 0.15) is 6.04 Å². The number of likely N-dealkylation sites (N-methyl/N-ethyl adjacent to an activating group) is 1. The van der Waals surface area contributed by atoms with Crippen molar-refractivity contribution in [3.8, 4) is 0 Å². The third kappa shape index (κ3) is 3.48. The van der Waals surface area contributed by atoms with Crippen LogP contribution in [0.15, 0.2) is 30.3 Å². The van der Waals surface area contributed by atoms with Crippen molar-refractivity contribution in [1.82, 2.24) is 20.7 Å². The molecule has 8 heteroatoms. The molecule has 7 nitrogen and oxygen atoms in total. The van der Waals surface area contributed by atoms with Crippen LogP contribution < -0.4 is 10.7 Å². The van der Waals surface area contributed by atoms with E-state index in [4.69, 9.17) is 12.2 Å². The predicted octanol–water partition coefficient (Wildman–Crippen LogP) is 0.285. The Morgan fingerprint density at radius 2 is 1.91 bits per heavy atom. The second-order valence-electron chi connectivity index (χ2n) is 4.94. The average Bonchev–Trinajstić information content (AvgIpc) is 2.79. The van der Waals surface area contributed by atoms with Gasteiger partial charge < -0.3 is 5.32 Å². The normalized spacial score (nSPS) is 17.4. The molecule has 3 amide bonds. The molecule has 1 atom stereocenters. The first kappa shape index (κ1) is 16.9. The highest BCUT2D eigenvalue weighted by Gasteiger charge is 2.43. The second-order valence-corrected chi connectivity index (χ2v) is 5.30. The van der Waals surface area contributed by atoms with Gasteiger partial charge in [-0.2, -0.15) is 0 Å². The molecule has 0 aromatic heterocycles. The largest absolute Gasteiger partial charge is 0.359 e. The van der Waals surface area contributed by atoms with E-state index in [0.29, 0.717) is 12.1 Å². The first-order valence-electron chi connectivity index (χ1n) is 7.20. The van der Waals surface area contributed by atoms with E-state index in [-0.39, 0.29) is 29.3 Å². The number of amides is 3. The maximum atomic E-state index is 12.4. The first-order chi connectivity index (χ1) is 11.0. The van der Waals surface area contributed by atoms with E-state index in [2.05, 4.69) is 10.7 Å². The summed E-state index contributed by atoms with van der Waals surface area (Å²) in [6, 6.07) is 7.75. The van der Waals surface area contributed by atoms with Crippen LogP contribution in [-0.4, -0.2) is 52.4 Å². The van der Waals surface area contributed by atoms with Gasteiger partial charge >= 0.3 is 0 Å². The Bertz CT molecular complexity index is 635. The number of rotatable bonds is 5. The van der Waals surface area contributed by atoms with Gasteiger partial charge in [-0.15, -0.1) is 0 Å². The van der Waals surface area contributed by atoms with Crippen LogP contribution in [-0.2, 0) is 9.59 Å². The fourth-order valence-electron chi connectivity index (χ4n) is 2.28. The van der Waals surface area contributed by atoms with Gasteiger partial charge in [-0.1, -0.05) is 18.2 Å². The van der Waals surface area contributed by atoms with Crippen molar-refractivity contribution in [3.63, 3.8) is 0 Å². The van der Waals surface area contributed by atoms with Crippen molar-refractivity contribution >= 4 is 35.1 Å². The maximum Gasteiger partial charge on any atom is 0.269 e. The van der Waals surface area contributed by atoms with Crippen LogP contribution in [0.3, 0.4) is 0 Å². The number of thiocarbonyl (C=S) groups is 1. The van der Waals surface area contributed by atoms with Gasteiger partial charge in [0.15, 0.2) is 5.11 Å². The molecule has 0 aliphatic carbocycles. The second kappa shape index (κ2) is 7.19. The maximum absolute atomic E-state index is 12.4. The highest BCUT2D eigenvalue weighted by molar-refractivity contribution is 7.80. The summed E-state index contributed by atoms with van der Waals surface area (Å²) >= 11 is 5.26. The molecule has 0 bridgehead atoms. The number of hydrogen-bond acceptors (Lipinski definition) is 4. The monoisotopic (exact) mass is 334 g/mol. The molecular weight excluding hydrogens is 316 g/mol. The molecule has 1 aromatic rings. The third-order valence-corrected chi connectivity index (χ3v) is 3.95. The Morgan fingerprint density at radius 1 is 1.26 bits per heavy atom. The Hall–Kier alpha value is -2.48. The van der Waals surface area contributed by atoms with E-state index in [9.17, 15) is 14.4 Å². The van der Waals surface area contributed by atoms with E-state index in [1.165, 1.54) is 17.0 Å². The number of carbonyl (C=O) groups is 3. The zero-order chi connectivity index (χ0) is 17.0. The number of hydrazine groups is 1. The molecule has 1 saturated heterocycles. The SMILES string of the molecule is CCN1C(=O)[C@@H](CC(=O)NC)N(NC(=O)c2ccccc2)C1=S. The van der Waals surface area contributed by atoms with Crippen LogP contribution in [0.5, 0.6) is 0 Å². The Kier molecular flexibility index (Phi) is 5.28. The highest BCUT2D eigenvalue weighted by atomic mass is 32.1. The zero-order valence-electron chi connectivity index (χ0n) is 12.9. The summed E-state index contributed by atoms with van der Waals surface area (Å²) in [7, 11) is 1.49. The lowest BCUT2D eigenvalue weighted by Gasteiger charge is -2.24. The summed E-state index contributed by atoms with van der Waals surface area (Å²) < 4.78 is 0. The van der Waals surface area contributed by atoms with Crippen molar-refractivity contribution in [3.05, 3.63) is 35.9 Å².